The van der Waals surface area contributed by atoms with Gasteiger partial charge in [0.15, 0.2) is 6.29 Å². The van der Waals surface area contributed by atoms with Gasteiger partial charge in [-0.15, -0.1) is 0 Å². The predicted octanol–water partition coefficient (Wildman–Crippen LogP) is -2.23. The van der Waals surface area contributed by atoms with Crippen molar-refractivity contribution in [3.63, 3.8) is 0 Å². The summed E-state index contributed by atoms with van der Waals surface area (Å²) in [7, 11) is 0. The van der Waals surface area contributed by atoms with Crippen LogP contribution in [0.4, 0.5) is 0 Å². The Bertz CT molecular complexity index is 141. The van der Waals surface area contributed by atoms with Gasteiger partial charge in [-0.05, 0) is 6.92 Å². The van der Waals surface area contributed by atoms with Crippen LogP contribution in [0, 0.1) is 0 Å². The van der Waals surface area contributed by atoms with Crippen LogP contribution in [0.1, 0.15) is 6.92 Å². The van der Waals surface area contributed by atoms with Gasteiger partial charge < -0.3 is 25.8 Å². The molecule has 1 fully saturated rings. The van der Waals surface area contributed by atoms with E-state index in [1.165, 1.54) is 6.92 Å². The SMILES string of the molecule is C[C@H](O)[C@H]1O[C@H](O)[C@@H](N)[C@@H]1O. The number of rotatable bonds is 1. The summed E-state index contributed by atoms with van der Waals surface area (Å²) in [6, 6.07) is -0.824. The molecule has 11 heavy (non-hydrogen) atoms. The molecule has 0 aromatic rings. The molecular formula is C6H13NO4. The summed E-state index contributed by atoms with van der Waals surface area (Å²) < 4.78 is 4.78. The normalized spacial score (nSPS) is 47.7. The molecule has 5 heteroatoms. The van der Waals surface area contributed by atoms with E-state index in [4.69, 9.17) is 20.7 Å². The molecule has 0 spiro atoms. The average Bonchev–Trinajstić information content (AvgIpc) is 2.17. The lowest BCUT2D eigenvalue weighted by Gasteiger charge is -2.16. The first kappa shape index (κ1) is 8.89. The van der Waals surface area contributed by atoms with Crippen LogP contribution in [-0.4, -0.2) is 46.0 Å². The Kier molecular flexibility index (Phi) is 2.46. The van der Waals surface area contributed by atoms with Gasteiger partial charge in [0.2, 0.25) is 0 Å². The zero-order valence-corrected chi connectivity index (χ0v) is 6.21. The Morgan fingerprint density at radius 1 is 1.45 bits per heavy atom. The maximum atomic E-state index is 9.23. The summed E-state index contributed by atoms with van der Waals surface area (Å²) in [6.07, 6.45) is -3.78. The van der Waals surface area contributed by atoms with E-state index in [9.17, 15) is 5.11 Å². The summed E-state index contributed by atoms with van der Waals surface area (Å²) in [5.74, 6) is 0. The van der Waals surface area contributed by atoms with Gasteiger partial charge in [0.05, 0.1) is 12.1 Å². The van der Waals surface area contributed by atoms with Crippen LogP contribution in [0.5, 0.6) is 0 Å². The summed E-state index contributed by atoms with van der Waals surface area (Å²) in [5, 5.41) is 27.2. The van der Waals surface area contributed by atoms with Gasteiger partial charge in [-0.25, -0.2) is 0 Å². The van der Waals surface area contributed by atoms with Crippen molar-refractivity contribution in [3.8, 4) is 0 Å². The maximum absolute atomic E-state index is 9.23. The second kappa shape index (κ2) is 3.04. The van der Waals surface area contributed by atoms with E-state index in [0.29, 0.717) is 0 Å². The van der Waals surface area contributed by atoms with Crippen molar-refractivity contribution in [2.75, 3.05) is 0 Å². The van der Waals surface area contributed by atoms with E-state index in [0.717, 1.165) is 0 Å². The van der Waals surface area contributed by atoms with Crippen molar-refractivity contribution in [2.45, 2.75) is 37.6 Å². The minimum Gasteiger partial charge on any atom is -0.391 e. The monoisotopic (exact) mass is 163 g/mol. The zero-order valence-electron chi connectivity index (χ0n) is 6.21. The first-order valence-electron chi connectivity index (χ1n) is 3.49. The number of nitrogens with two attached hydrogens (primary N) is 1. The Morgan fingerprint density at radius 3 is 2.18 bits per heavy atom. The molecule has 1 rings (SSSR count). The number of hydrogen-bond acceptors (Lipinski definition) is 5. The van der Waals surface area contributed by atoms with Gasteiger partial charge >= 0.3 is 0 Å². The Morgan fingerprint density at radius 2 is 2.00 bits per heavy atom. The van der Waals surface area contributed by atoms with Crippen molar-refractivity contribution in [2.24, 2.45) is 5.73 Å². The molecule has 0 aromatic heterocycles. The van der Waals surface area contributed by atoms with Crippen LogP contribution < -0.4 is 5.73 Å². The van der Waals surface area contributed by atoms with E-state index in [-0.39, 0.29) is 0 Å². The lowest BCUT2D eigenvalue weighted by atomic mass is 10.1. The van der Waals surface area contributed by atoms with Gasteiger partial charge in [-0.1, -0.05) is 0 Å². The third kappa shape index (κ3) is 1.52. The van der Waals surface area contributed by atoms with Crippen molar-refractivity contribution in [1.82, 2.24) is 0 Å². The molecule has 0 saturated carbocycles. The smallest absolute Gasteiger partial charge is 0.173 e. The molecule has 1 aliphatic heterocycles. The molecule has 66 valence electrons. The third-order valence-electron chi connectivity index (χ3n) is 1.83. The van der Waals surface area contributed by atoms with E-state index in [1.807, 2.05) is 0 Å². The molecule has 1 saturated heterocycles. The van der Waals surface area contributed by atoms with E-state index < -0.39 is 30.6 Å². The predicted molar refractivity (Wildman–Crippen MR) is 36.5 cm³/mol. The molecule has 0 amide bonds. The van der Waals surface area contributed by atoms with Gasteiger partial charge in [0.1, 0.15) is 12.2 Å². The molecule has 0 radical (unpaired) electrons. The van der Waals surface area contributed by atoms with E-state index in [2.05, 4.69) is 0 Å². The molecule has 0 bridgehead atoms. The maximum Gasteiger partial charge on any atom is 0.173 e. The van der Waals surface area contributed by atoms with Crippen LogP contribution in [0.25, 0.3) is 0 Å². The van der Waals surface area contributed by atoms with Crippen LogP contribution in [-0.2, 0) is 4.74 Å². The minimum absolute atomic E-state index is 0.778. The van der Waals surface area contributed by atoms with Crippen molar-refractivity contribution in [3.05, 3.63) is 0 Å². The minimum atomic E-state index is -1.18. The molecule has 5 N–H and O–H groups in total. The van der Waals surface area contributed by atoms with Gasteiger partial charge in [-0.2, -0.15) is 0 Å². The number of aliphatic hydroxyl groups is 3. The highest BCUT2D eigenvalue weighted by Crippen LogP contribution is 2.20. The highest BCUT2D eigenvalue weighted by Gasteiger charge is 2.42. The molecule has 0 aromatic carbocycles. The molecule has 5 nitrogen and oxygen atoms in total. The van der Waals surface area contributed by atoms with Crippen molar-refractivity contribution < 1.29 is 20.1 Å². The Labute approximate surface area is 64.4 Å². The second-order valence-electron chi connectivity index (χ2n) is 2.80. The van der Waals surface area contributed by atoms with Crippen molar-refractivity contribution in [1.29, 1.82) is 0 Å². The summed E-state index contributed by atoms with van der Waals surface area (Å²) in [5.41, 5.74) is 5.31. The molecule has 5 atom stereocenters. The van der Waals surface area contributed by atoms with Crippen LogP contribution in [0.2, 0.25) is 0 Å². The highest BCUT2D eigenvalue weighted by molar-refractivity contribution is 4.91. The summed E-state index contributed by atoms with van der Waals surface area (Å²) >= 11 is 0. The number of aliphatic hydroxyl groups excluding tert-OH is 3. The van der Waals surface area contributed by atoms with E-state index >= 15 is 0 Å². The third-order valence-corrected chi connectivity index (χ3v) is 1.83. The number of hydrogen-bond donors (Lipinski definition) is 4. The van der Waals surface area contributed by atoms with Gasteiger partial charge in [0.25, 0.3) is 0 Å². The number of ether oxygens (including phenoxy) is 1. The van der Waals surface area contributed by atoms with Crippen molar-refractivity contribution >= 4 is 0 Å². The topological polar surface area (TPSA) is 95.9 Å². The highest BCUT2D eigenvalue weighted by atomic mass is 16.6. The fraction of sp³-hybridized carbons (Fsp3) is 1.00. The molecule has 0 unspecified atom stereocenters. The first-order valence-corrected chi connectivity index (χ1v) is 3.49. The van der Waals surface area contributed by atoms with Gasteiger partial charge in [-0.3, -0.25) is 0 Å². The van der Waals surface area contributed by atoms with Gasteiger partial charge in [0, 0.05) is 0 Å². The zero-order chi connectivity index (χ0) is 8.59. The van der Waals surface area contributed by atoms with E-state index in [1.54, 1.807) is 0 Å². The Balaban J connectivity index is 2.59. The lowest BCUT2D eigenvalue weighted by Crippen LogP contribution is -2.42. The van der Waals surface area contributed by atoms with Crippen LogP contribution >= 0.6 is 0 Å². The molecular weight excluding hydrogens is 150 g/mol. The molecule has 0 aliphatic carbocycles. The standard InChI is InChI=1S/C6H13NO4/c1-2(8)5-4(9)3(7)6(10)11-5/h2-6,8-10H,7H2,1H3/t2-,3-,4-,5+,6-/m0/s1. The van der Waals surface area contributed by atoms with Crippen LogP contribution in [0.15, 0.2) is 0 Å². The summed E-state index contributed by atoms with van der Waals surface area (Å²) in [6.45, 7) is 1.47. The lowest BCUT2D eigenvalue weighted by molar-refractivity contribution is -0.127. The molecule has 1 heterocycles. The molecule has 1 aliphatic rings. The fourth-order valence-corrected chi connectivity index (χ4v) is 1.12. The first-order chi connectivity index (χ1) is 5.04. The largest absolute Gasteiger partial charge is 0.391 e. The average molecular weight is 163 g/mol. The second-order valence-corrected chi connectivity index (χ2v) is 2.80. The fourth-order valence-electron chi connectivity index (χ4n) is 1.12. The van der Waals surface area contributed by atoms with Crippen LogP contribution in [0.3, 0.4) is 0 Å². The summed E-state index contributed by atoms with van der Waals surface area (Å²) in [4.78, 5) is 0. The quantitative estimate of drug-likeness (QED) is 0.351. The Hall–Kier alpha value is -0.200.